The van der Waals surface area contributed by atoms with Gasteiger partial charge in [-0.05, 0) is 38.3 Å². The van der Waals surface area contributed by atoms with Crippen molar-refractivity contribution in [2.75, 3.05) is 5.32 Å². The van der Waals surface area contributed by atoms with E-state index in [1.807, 2.05) is 20.8 Å². The Bertz CT molecular complexity index is 657. The summed E-state index contributed by atoms with van der Waals surface area (Å²) in [6.07, 6.45) is 0. The predicted molar refractivity (Wildman–Crippen MR) is 78.1 cm³/mol. The van der Waals surface area contributed by atoms with Gasteiger partial charge < -0.3 is 11.1 Å². The fourth-order valence-electron chi connectivity index (χ4n) is 1.85. The highest BCUT2D eigenvalue weighted by molar-refractivity contribution is 7.14. The van der Waals surface area contributed by atoms with E-state index >= 15 is 0 Å². The molecule has 2 aromatic rings. The molecule has 106 valence electrons. The number of primary amides is 1. The summed E-state index contributed by atoms with van der Waals surface area (Å²) in [5, 5.41) is 9.16. The summed E-state index contributed by atoms with van der Waals surface area (Å²) in [6.45, 7) is 5.72. The molecule has 0 saturated heterocycles. The molecule has 0 aromatic carbocycles. The van der Waals surface area contributed by atoms with Gasteiger partial charge in [-0.15, -0.1) is 11.3 Å². The summed E-state index contributed by atoms with van der Waals surface area (Å²) in [4.78, 5) is 23.5. The Kier molecular flexibility index (Phi) is 3.89. The molecular weight excluding hydrogens is 276 g/mol. The van der Waals surface area contributed by atoms with Gasteiger partial charge in [0.25, 0.3) is 11.8 Å². The number of carbonyl (C=O) groups excluding carboxylic acids is 2. The lowest BCUT2D eigenvalue weighted by atomic mass is 10.3. The first kappa shape index (κ1) is 14.3. The van der Waals surface area contributed by atoms with Crippen molar-refractivity contribution < 1.29 is 9.59 Å². The van der Waals surface area contributed by atoms with Crippen molar-refractivity contribution in [2.24, 2.45) is 5.73 Å². The predicted octanol–water partition coefficient (Wildman–Crippen LogP) is 2.19. The fourth-order valence-corrected chi connectivity index (χ4v) is 2.63. The van der Waals surface area contributed by atoms with Crippen LogP contribution in [0.15, 0.2) is 17.5 Å². The van der Waals surface area contributed by atoms with Gasteiger partial charge in [0.15, 0.2) is 0 Å². The maximum Gasteiger partial charge on any atom is 0.274 e. The van der Waals surface area contributed by atoms with E-state index in [0.29, 0.717) is 16.3 Å². The van der Waals surface area contributed by atoms with Crippen LogP contribution >= 0.6 is 11.3 Å². The van der Waals surface area contributed by atoms with Crippen LogP contribution in [0.1, 0.15) is 46.4 Å². The van der Waals surface area contributed by atoms with E-state index in [1.165, 1.54) is 11.3 Å². The summed E-state index contributed by atoms with van der Waals surface area (Å²) in [5.74, 6) is -0.862. The van der Waals surface area contributed by atoms with Gasteiger partial charge in [-0.25, -0.2) is 0 Å². The molecule has 0 aliphatic rings. The quantitative estimate of drug-likeness (QED) is 0.905. The maximum absolute atomic E-state index is 12.3. The summed E-state index contributed by atoms with van der Waals surface area (Å²) in [7, 11) is 0. The molecule has 0 saturated carbocycles. The van der Waals surface area contributed by atoms with E-state index in [1.54, 1.807) is 22.2 Å². The highest BCUT2D eigenvalue weighted by Crippen LogP contribution is 2.23. The zero-order valence-electron chi connectivity index (χ0n) is 11.5. The molecule has 2 heterocycles. The summed E-state index contributed by atoms with van der Waals surface area (Å²) >= 11 is 1.26. The highest BCUT2D eigenvalue weighted by atomic mass is 32.1. The van der Waals surface area contributed by atoms with E-state index in [-0.39, 0.29) is 11.9 Å². The summed E-state index contributed by atoms with van der Waals surface area (Å²) in [5.41, 5.74) is 6.80. The Balaban J connectivity index is 2.29. The van der Waals surface area contributed by atoms with Crippen LogP contribution in [0, 0.1) is 6.92 Å². The van der Waals surface area contributed by atoms with Gasteiger partial charge in [0.2, 0.25) is 0 Å². The van der Waals surface area contributed by atoms with E-state index in [4.69, 9.17) is 5.73 Å². The van der Waals surface area contributed by atoms with Crippen molar-refractivity contribution in [1.82, 2.24) is 9.78 Å². The monoisotopic (exact) mass is 292 g/mol. The third-order valence-electron chi connectivity index (χ3n) is 2.74. The number of aryl methyl sites for hydroxylation is 1. The Morgan fingerprint density at radius 1 is 1.45 bits per heavy atom. The van der Waals surface area contributed by atoms with Crippen molar-refractivity contribution in [3.8, 4) is 0 Å². The molecule has 3 N–H and O–H groups in total. The Labute approximate surface area is 120 Å². The minimum absolute atomic E-state index is 0.0726. The first-order chi connectivity index (χ1) is 9.40. The number of rotatable bonds is 4. The van der Waals surface area contributed by atoms with Crippen LogP contribution in [0.25, 0.3) is 0 Å². The van der Waals surface area contributed by atoms with Crippen molar-refractivity contribution in [1.29, 1.82) is 0 Å². The maximum atomic E-state index is 12.3. The number of anilines is 1. The smallest absolute Gasteiger partial charge is 0.274 e. The number of nitrogens with one attached hydrogen (secondary N) is 1. The molecule has 20 heavy (non-hydrogen) atoms. The zero-order valence-corrected chi connectivity index (χ0v) is 12.3. The third kappa shape index (κ3) is 2.72. The lowest BCUT2D eigenvalue weighted by Gasteiger charge is -2.10. The van der Waals surface area contributed by atoms with Crippen molar-refractivity contribution in [3.05, 3.63) is 34.5 Å². The second kappa shape index (κ2) is 5.46. The zero-order chi connectivity index (χ0) is 14.9. The largest absolute Gasteiger partial charge is 0.366 e. The molecule has 7 heteroatoms. The lowest BCUT2D eigenvalue weighted by Crippen LogP contribution is -2.20. The van der Waals surface area contributed by atoms with Crippen molar-refractivity contribution in [3.63, 3.8) is 0 Å². The molecule has 0 unspecified atom stereocenters. The summed E-state index contributed by atoms with van der Waals surface area (Å²) < 4.78 is 1.65. The minimum atomic E-state index is -0.560. The van der Waals surface area contributed by atoms with E-state index in [9.17, 15) is 9.59 Å². The molecule has 0 radical (unpaired) electrons. The average molecular weight is 292 g/mol. The SMILES string of the molecule is Cc1cc(C(=O)Nc2sccc2C(N)=O)n(C(C)C)n1. The molecule has 2 rings (SSSR count). The molecule has 6 nitrogen and oxygen atoms in total. The van der Waals surface area contributed by atoms with Gasteiger partial charge >= 0.3 is 0 Å². The number of carbonyl (C=O) groups is 2. The topological polar surface area (TPSA) is 90.0 Å². The van der Waals surface area contributed by atoms with Gasteiger partial charge in [0.1, 0.15) is 10.7 Å². The van der Waals surface area contributed by atoms with Gasteiger partial charge in [0.05, 0.1) is 11.3 Å². The van der Waals surface area contributed by atoms with Crippen LogP contribution < -0.4 is 11.1 Å². The molecule has 0 atom stereocenters. The Morgan fingerprint density at radius 2 is 2.15 bits per heavy atom. The molecule has 2 aromatic heterocycles. The molecule has 0 fully saturated rings. The first-order valence-electron chi connectivity index (χ1n) is 6.15. The van der Waals surface area contributed by atoms with Crippen LogP contribution in [-0.4, -0.2) is 21.6 Å². The lowest BCUT2D eigenvalue weighted by molar-refractivity contribution is 0.100. The van der Waals surface area contributed by atoms with Crippen molar-refractivity contribution >= 4 is 28.2 Å². The number of nitrogens with zero attached hydrogens (tertiary/aromatic N) is 2. The third-order valence-corrected chi connectivity index (χ3v) is 3.57. The van der Waals surface area contributed by atoms with Gasteiger partial charge in [0, 0.05) is 6.04 Å². The van der Waals surface area contributed by atoms with Gasteiger partial charge in [-0.2, -0.15) is 5.10 Å². The number of thiophene rings is 1. The Hall–Kier alpha value is -2.15. The number of aromatic nitrogens is 2. The highest BCUT2D eigenvalue weighted by Gasteiger charge is 2.18. The van der Waals surface area contributed by atoms with Gasteiger partial charge in [-0.3, -0.25) is 14.3 Å². The van der Waals surface area contributed by atoms with Crippen LogP contribution in [0.3, 0.4) is 0 Å². The Morgan fingerprint density at radius 3 is 2.75 bits per heavy atom. The number of amides is 2. The molecule has 0 spiro atoms. The summed E-state index contributed by atoms with van der Waals surface area (Å²) in [6, 6.07) is 3.38. The number of hydrogen-bond acceptors (Lipinski definition) is 4. The fraction of sp³-hybridized carbons (Fsp3) is 0.308. The van der Waals surface area contributed by atoms with E-state index in [2.05, 4.69) is 10.4 Å². The minimum Gasteiger partial charge on any atom is -0.366 e. The average Bonchev–Trinajstić information content (AvgIpc) is 2.95. The molecule has 0 aliphatic heterocycles. The van der Waals surface area contributed by atoms with Crippen molar-refractivity contribution in [2.45, 2.75) is 26.8 Å². The van der Waals surface area contributed by atoms with Crippen LogP contribution in [0.2, 0.25) is 0 Å². The molecule has 0 bridgehead atoms. The van der Waals surface area contributed by atoms with E-state index < -0.39 is 5.91 Å². The molecular formula is C13H16N4O2S. The van der Waals surface area contributed by atoms with Gasteiger partial charge in [-0.1, -0.05) is 0 Å². The van der Waals surface area contributed by atoms with Crippen LogP contribution in [0.5, 0.6) is 0 Å². The standard InChI is InChI=1S/C13H16N4O2S/c1-7(2)17-10(6-8(3)16-17)12(19)15-13-9(11(14)18)4-5-20-13/h4-7H,1-3H3,(H2,14,18)(H,15,19). The molecule has 2 amide bonds. The first-order valence-corrected chi connectivity index (χ1v) is 7.03. The number of hydrogen-bond donors (Lipinski definition) is 2. The second-order valence-electron chi connectivity index (χ2n) is 4.69. The van der Waals surface area contributed by atoms with Crippen LogP contribution in [0.4, 0.5) is 5.00 Å². The van der Waals surface area contributed by atoms with Crippen LogP contribution in [-0.2, 0) is 0 Å². The molecule has 0 aliphatic carbocycles. The second-order valence-corrected chi connectivity index (χ2v) is 5.61. The van der Waals surface area contributed by atoms with E-state index in [0.717, 1.165) is 5.69 Å². The number of nitrogens with two attached hydrogens (primary N) is 1. The normalized spacial score (nSPS) is 10.8.